The van der Waals surface area contributed by atoms with Crippen molar-refractivity contribution in [3.63, 3.8) is 0 Å². The fraction of sp³-hybridized carbons (Fsp3) is 0.538. The van der Waals surface area contributed by atoms with E-state index in [1.165, 1.54) is 5.56 Å². The van der Waals surface area contributed by atoms with Gasteiger partial charge < -0.3 is 14.8 Å². The Hall–Kier alpha value is -1.06. The number of nitrogens with one attached hydrogen (secondary N) is 1. The third kappa shape index (κ3) is 4.21. The van der Waals surface area contributed by atoms with E-state index in [0.717, 1.165) is 25.3 Å². The number of hydrogen-bond donors (Lipinski definition) is 1. The van der Waals surface area contributed by atoms with Crippen molar-refractivity contribution in [2.24, 2.45) is 5.92 Å². The first kappa shape index (κ1) is 13.0. The smallest absolute Gasteiger partial charge is 0.119 e. The number of methoxy groups -OCH3 is 2. The lowest BCUT2D eigenvalue weighted by Gasteiger charge is -2.15. The minimum Gasteiger partial charge on any atom is -0.497 e. The first-order chi connectivity index (χ1) is 7.80. The average Bonchev–Trinajstić information content (AvgIpc) is 2.30. The first-order valence-electron chi connectivity index (χ1n) is 5.56. The Balaban J connectivity index is 2.60. The average molecular weight is 223 g/mol. The maximum absolute atomic E-state index is 5.21. The lowest BCUT2D eigenvalue weighted by molar-refractivity contribution is 0.152. The van der Waals surface area contributed by atoms with E-state index in [1.807, 2.05) is 19.2 Å². The molecule has 0 radical (unpaired) electrons. The Labute approximate surface area is 97.8 Å². The van der Waals surface area contributed by atoms with Crippen molar-refractivity contribution in [3.05, 3.63) is 29.8 Å². The van der Waals surface area contributed by atoms with Crippen LogP contribution in [0.1, 0.15) is 5.56 Å². The van der Waals surface area contributed by atoms with Crippen LogP contribution in [0.2, 0.25) is 0 Å². The van der Waals surface area contributed by atoms with Crippen LogP contribution in [-0.4, -0.2) is 34.4 Å². The second-order valence-corrected chi connectivity index (χ2v) is 3.93. The van der Waals surface area contributed by atoms with Gasteiger partial charge in [-0.3, -0.25) is 0 Å². The van der Waals surface area contributed by atoms with Crippen molar-refractivity contribution < 1.29 is 9.47 Å². The quantitative estimate of drug-likeness (QED) is 0.763. The molecule has 3 nitrogen and oxygen atoms in total. The van der Waals surface area contributed by atoms with Gasteiger partial charge in [-0.25, -0.2) is 0 Å². The second-order valence-electron chi connectivity index (χ2n) is 3.93. The van der Waals surface area contributed by atoms with E-state index in [9.17, 15) is 0 Å². The van der Waals surface area contributed by atoms with Gasteiger partial charge >= 0.3 is 0 Å². The summed E-state index contributed by atoms with van der Waals surface area (Å²) in [5.41, 5.74) is 1.29. The van der Waals surface area contributed by atoms with Crippen LogP contribution in [0.25, 0.3) is 0 Å². The Morgan fingerprint density at radius 2 is 2.12 bits per heavy atom. The molecule has 90 valence electrons. The molecule has 3 heteroatoms. The second kappa shape index (κ2) is 7.25. The van der Waals surface area contributed by atoms with Crippen molar-refractivity contribution in [2.75, 3.05) is 34.4 Å². The van der Waals surface area contributed by atoms with E-state index in [0.29, 0.717) is 5.92 Å². The summed E-state index contributed by atoms with van der Waals surface area (Å²) < 4.78 is 10.4. The monoisotopic (exact) mass is 223 g/mol. The van der Waals surface area contributed by atoms with Crippen molar-refractivity contribution in [2.45, 2.75) is 6.42 Å². The highest BCUT2D eigenvalue weighted by Crippen LogP contribution is 2.16. The van der Waals surface area contributed by atoms with Gasteiger partial charge in [0.2, 0.25) is 0 Å². The van der Waals surface area contributed by atoms with Crippen LogP contribution in [0.15, 0.2) is 24.3 Å². The normalized spacial score (nSPS) is 12.4. The van der Waals surface area contributed by atoms with E-state index < -0.39 is 0 Å². The standard InChI is InChI=1S/C13H21NO2/c1-14-9-12(10-15-2)7-11-5-4-6-13(8-11)16-3/h4-6,8,12,14H,7,9-10H2,1-3H3. The SMILES string of the molecule is CNCC(COC)Cc1cccc(OC)c1. The molecule has 0 spiro atoms. The summed E-state index contributed by atoms with van der Waals surface area (Å²) in [6.45, 7) is 1.74. The zero-order valence-corrected chi connectivity index (χ0v) is 10.3. The fourth-order valence-electron chi connectivity index (χ4n) is 1.85. The summed E-state index contributed by atoms with van der Waals surface area (Å²) >= 11 is 0. The third-order valence-electron chi connectivity index (χ3n) is 2.55. The molecule has 0 aromatic heterocycles. The minimum atomic E-state index is 0.502. The van der Waals surface area contributed by atoms with Crippen LogP contribution in [-0.2, 0) is 11.2 Å². The highest BCUT2D eigenvalue weighted by molar-refractivity contribution is 5.28. The zero-order chi connectivity index (χ0) is 11.8. The molecule has 1 N–H and O–H groups in total. The van der Waals surface area contributed by atoms with Crippen LogP contribution in [0.3, 0.4) is 0 Å². The van der Waals surface area contributed by atoms with Crippen molar-refractivity contribution in [3.8, 4) is 5.75 Å². The van der Waals surface area contributed by atoms with Crippen LogP contribution in [0, 0.1) is 5.92 Å². The lowest BCUT2D eigenvalue weighted by Crippen LogP contribution is -2.24. The minimum absolute atomic E-state index is 0.502. The summed E-state index contributed by atoms with van der Waals surface area (Å²) in [5.74, 6) is 1.42. The number of ether oxygens (including phenoxy) is 2. The highest BCUT2D eigenvalue weighted by atomic mass is 16.5. The number of hydrogen-bond acceptors (Lipinski definition) is 3. The van der Waals surface area contributed by atoms with Gasteiger partial charge in [0.05, 0.1) is 13.7 Å². The van der Waals surface area contributed by atoms with Crippen molar-refractivity contribution in [1.29, 1.82) is 0 Å². The van der Waals surface area contributed by atoms with Gasteiger partial charge in [0.1, 0.15) is 5.75 Å². The first-order valence-corrected chi connectivity index (χ1v) is 5.56. The summed E-state index contributed by atoms with van der Waals surface area (Å²) in [6.07, 6.45) is 1.01. The van der Waals surface area contributed by atoms with Gasteiger partial charge in [0, 0.05) is 13.7 Å². The predicted octanol–water partition coefficient (Wildman–Crippen LogP) is 1.72. The molecule has 0 fully saturated rings. The molecular weight excluding hydrogens is 202 g/mol. The molecule has 0 amide bonds. The topological polar surface area (TPSA) is 30.5 Å². The fourth-order valence-corrected chi connectivity index (χ4v) is 1.85. The molecule has 0 aliphatic heterocycles. The third-order valence-corrected chi connectivity index (χ3v) is 2.55. The molecule has 0 saturated heterocycles. The molecule has 1 aromatic carbocycles. The molecule has 1 aromatic rings. The van der Waals surface area contributed by atoms with Crippen LogP contribution in [0.4, 0.5) is 0 Å². The van der Waals surface area contributed by atoms with Gasteiger partial charge in [0.25, 0.3) is 0 Å². The van der Waals surface area contributed by atoms with Gasteiger partial charge in [-0.1, -0.05) is 12.1 Å². The lowest BCUT2D eigenvalue weighted by atomic mass is 10.00. The largest absolute Gasteiger partial charge is 0.497 e. The molecule has 0 aliphatic rings. The number of benzene rings is 1. The van der Waals surface area contributed by atoms with E-state index in [-0.39, 0.29) is 0 Å². The summed E-state index contributed by atoms with van der Waals surface area (Å²) in [6, 6.07) is 8.20. The van der Waals surface area contributed by atoms with Gasteiger partial charge in [-0.2, -0.15) is 0 Å². The molecule has 0 saturated carbocycles. The Kier molecular flexibility index (Phi) is 5.90. The van der Waals surface area contributed by atoms with Crippen LogP contribution >= 0.6 is 0 Å². The zero-order valence-electron chi connectivity index (χ0n) is 10.3. The van der Waals surface area contributed by atoms with Crippen molar-refractivity contribution >= 4 is 0 Å². The van der Waals surface area contributed by atoms with E-state index >= 15 is 0 Å². The molecule has 0 aliphatic carbocycles. The highest BCUT2D eigenvalue weighted by Gasteiger charge is 2.08. The molecular formula is C13H21NO2. The molecule has 1 unspecified atom stereocenters. The summed E-state index contributed by atoms with van der Waals surface area (Å²) in [5, 5.41) is 3.19. The van der Waals surface area contributed by atoms with Gasteiger partial charge in [-0.05, 0) is 37.1 Å². The van der Waals surface area contributed by atoms with E-state index in [1.54, 1.807) is 14.2 Å². The molecule has 1 atom stereocenters. The Morgan fingerprint density at radius 1 is 1.31 bits per heavy atom. The Morgan fingerprint density at radius 3 is 2.75 bits per heavy atom. The maximum atomic E-state index is 5.21. The predicted molar refractivity (Wildman–Crippen MR) is 66.0 cm³/mol. The van der Waals surface area contributed by atoms with Gasteiger partial charge in [-0.15, -0.1) is 0 Å². The number of rotatable bonds is 7. The molecule has 0 heterocycles. The maximum Gasteiger partial charge on any atom is 0.119 e. The van der Waals surface area contributed by atoms with Gasteiger partial charge in [0.15, 0.2) is 0 Å². The molecule has 16 heavy (non-hydrogen) atoms. The Bertz CT molecular complexity index is 296. The van der Waals surface area contributed by atoms with Crippen LogP contribution in [0.5, 0.6) is 5.75 Å². The van der Waals surface area contributed by atoms with Crippen molar-refractivity contribution in [1.82, 2.24) is 5.32 Å². The molecule has 1 rings (SSSR count). The molecule has 0 bridgehead atoms. The van der Waals surface area contributed by atoms with E-state index in [4.69, 9.17) is 9.47 Å². The van der Waals surface area contributed by atoms with E-state index in [2.05, 4.69) is 17.4 Å². The summed E-state index contributed by atoms with van der Waals surface area (Å²) in [7, 11) is 5.40. The summed E-state index contributed by atoms with van der Waals surface area (Å²) in [4.78, 5) is 0. The van der Waals surface area contributed by atoms with Crippen LogP contribution < -0.4 is 10.1 Å².